The summed E-state index contributed by atoms with van der Waals surface area (Å²) in [6.45, 7) is 0.699. The number of sulfone groups is 1. The van der Waals surface area contributed by atoms with Crippen LogP contribution >= 0.6 is 0 Å². The molecule has 0 radical (unpaired) electrons. The van der Waals surface area contributed by atoms with Crippen LogP contribution < -0.4 is 10.1 Å². The zero-order valence-corrected chi connectivity index (χ0v) is 11.9. The van der Waals surface area contributed by atoms with Crippen molar-refractivity contribution in [1.29, 1.82) is 0 Å². The van der Waals surface area contributed by atoms with Crippen LogP contribution in [0.3, 0.4) is 0 Å². The lowest BCUT2D eigenvalue weighted by molar-refractivity contribution is -0.120. The van der Waals surface area contributed by atoms with Crippen LogP contribution in [0.25, 0.3) is 0 Å². The van der Waals surface area contributed by atoms with E-state index < -0.39 is 9.84 Å². The lowest BCUT2D eigenvalue weighted by Crippen LogP contribution is -2.36. The Morgan fingerprint density at radius 3 is 3.00 bits per heavy atom. The molecule has 2 aliphatic rings. The van der Waals surface area contributed by atoms with Crippen molar-refractivity contribution in [2.24, 2.45) is 0 Å². The van der Waals surface area contributed by atoms with Gasteiger partial charge in [0, 0.05) is 12.5 Å². The molecule has 108 valence electrons. The number of amides is 1. The minimum absolute atomic E-state index is 0.0615. The Balaban J connectivity index is 1.59. The van der Waals surface area contributed by atoms with Crippen LogP contribution in [0.1, 0.15) is 17.5 Å². The van der Waals surface area contributed by atoms with Crippen LogP contribution in [-0.4, -0.2) is 38.5 Å². The van der Waals surface area contributed by atoms with Crippen molar-refractivity contribution in [3.05, 3.63) is 29.3 Å². The van der Waals surface area contributed by atoms with Gasteiger partial charge >= 0.3 is 0 Å². The molecule has 1 fully saturated rings. The quantitative estimate of drug-likeness (QED) is 0.879. The summed E-state index contributed by atoms with van der Waals surface area (Å²) in [5, 5.41) is 2.79. The molecule has 2 aliphatic heterocycles. The monoisotopic (exact) mass is 295 g/mol. The van der Waals surface area contributed by atoms with Gasteiger partial charge in [0.25, 0.3) is 0 Å². The van der Waals surface area contributed by atoms with Crippen molar-refractivity contribution in [3.63, 3.8) is 0 Å². The fraction of sp³-hybridized carbons (Fsp3) is 0.500. The summed E-state index contributed by atoms with van der Waals surface area (Å²) in [7, 11) is -2.96. The minimum Gasteiger partial charge on any atom is -0.493 e. The van der Waals surface area contributed by atoms with E-state index in [9.17, 15) is 13.2 Å². The Labute approximate surface area is 118 Å². The molecule has 5 nitrogen and oxygen atoms in total. The lowest BCUT2D eigenvalue weighted by atomic mass is 10.1. The Morgan fingerprint density at radius 1 is 1.40 bits per heavy atom. The van der Waals surface area contributed by atoms with E-state index in [1.54, 1.807) is 0 Å². The third-order valence-corrected chi connectivity index (χ3v) is 5.49. The summed E-state index contributed by atoms with van der Waals surface area (Å²) < 4.78 is 28.2. The van der Waals surface area contributed by atoms with Crippen molar-refractivity contribution >= 4 is 15.7 Å². The average molecular weight is 295 g/mol. The number of carbonyl (C=O) groups is 1. The summed E-state index contributed by atoms with van der Waals surface area (Å²) in [5.74, 6) is 0.959. The number of ether oxygens (including phenoxy) is 1. The van der Waals surface area contributed by atoms with E-state index >= 15 is 0 Å². The van der Waals surface area contributed by atoms with Gasteiger partial charge in [-0.1, -0.05) is 12.1 Å². The first-order valence-corrected chi connectivity index (χ1v) is 8.58. The van der Waals surface area contributed by atoms with Gasteiger partial charge in [-0.3, -0.25) is 4.79 Å². The van der Waals surface area contributed by atoms with Crippen LogP contribution in [-0.2, 0) is 27.5 Å². The number of carbonyl (C=O) groups excluding carboxylic acids is 1. The topological polar surface area (TPSA) is 72.5 Å². The van der Waals surface area contributed by atoms with Gasteiger partial charge in [0.1, 0.15) is 5.75 Å². The maximum atomic E-state index is 11.9. The molecule has 0 aromatic heterocycles. The van der Waals surface area contributed by atoms with Crippen LogP contribution in [0.2, 0.25) is 0 Å². The third kappa shape index (κ3) is 2.95. The molecule has 0 aliphatic carbocycles. The average Bonchev–Trinajstić information content (AvgIpc) is 2.95. The Morgan fingerprint density at radius 2 is 2.25 bits per heavy atom. The summed E-state index contributed by atoms with van der Waals surface area (Å²) in [6, 6.07) is 5.58. The first-order chi connectivity index (χ1) is 9.52. The predicted octanol–water partition coefficient (Wildman–Crippen LogP) is 0.467. The normalized spacial score (nSPS) is 23.1. The van der Waals surface area contributed by atoms with Gasteiger partial charge < -0.3 is 10.1 Å². The molecule has 20 heavy (non-hydrogen) atoms. The molecule has 0 bridgehead atoms. The van der Waals surface area contributed by atoms with Gasteiger partial charge in [-0.05, 0) is 23.6 Å². The largest absolute Gasteiger partial charge is 0.493 e. The smallest absolute Gasteiger partial charge is 0.224 e. The third-order valence-electron chi connectivity index (χ3n) is 3.72. The Hall–Kier alpha value is -1.56. The fourth-order valence-electron chi connectivity index (χ4n) is 2.69. The number of hydrogen-bond donors (Lipinski definition) is 1. The molecule has 6 heteroatoms. The molecule has 1 aromatic carbocycles. The van der Waals surface area contributed by atoms with Crippen LogP contribution in [0.5, 0.6) is 5.75 Å². The molecular formula is C14H17NO4S. The molecule has 2 heterocycles. The highest BCUT2D eigenvalue weighted by atomic mass is 32.2. The molecule has 1 amide bonds. The highest BCUT2D eigenvalue weighted by Gasteiger charge is 2.28. The number of nitrogens with one attached hydrogen (secondary N) is 1. The maximum Gasteiger partial charge on any atom is 0.224 e. The van der Waals surface area contributed by atoms with E-state index in [-0.39, 0.29) is 29.9 Å². The molecule has 0 unspecified atom stereocenters. The fourth-order valence-corrected chi connectivity index (χ4v) is 4.37. The van der Waals surface area contributed by atoms with Crippen molar-refractivity contribution in [2.75, 3.05) is 18.1 Å². The summed E-state index contributed by atoms with van der Waals surface area (Å²) >= 11 is 0. The first kappa shape index (κ1) is 13.4. The second kappa shape index (κ2) is 5.09. The van der Waals surface area contributed by atoms with E-state index in [0.717, 1.165) is 17.7 Å². The van der Waals surface area contributed by atoms with Gasteiger partial charge in [0.2, 0.25) is 5.91 Å². The van der Waals surface area contributed by atoms with Crippen LogP contribution in [0, 0.1) is 0 Å². The number of fused-ring (bicyclic) bond motifs is 1. The van der Waals surface area contributed by atoms with Crippen molar-refractivity contribution < 1.29 is 17.9 Å². The predicted molar refractivity (Wildman–Crippen MR) is 74.5 cm³/mol. The van der Waals surface area contributed by atoms with Gasteiger partial charge in [0.15, 0.2) is 9.84 Å². The van der Waals surface area contributed by atoms with E-state index in [1.165, 1.54) is 5.56 Å². The van der Waals surface area contributed by atoms with E-state index in [1.807, 2.05) is 18.2 Å². The Bertz CT molecular complexity index is 639. The molecule has 1 aromatic rings. The SMILES string of the molecule is O=C(Cc1ccc2c(c1)OCC2)N[C@H]1CCS(=O)(=O)C1. The molecule has 1 atom stereocenters. The maximum absolute atomic E-state index is 11.9. The highest BCUT2D eigenvalue weighted by Crippen LogP contribution is 2.26. The molecular weight excluding hydrogens is 278 g/mol. The van der Waals surface area contributed by atoms with Crippen molar-refractivity contribution in [1.82, 2.24) is 5.32 Å². The molecule has 0 spiro atoms. The standard InChI is InChI=1S/C14H17NO4S/c16-14(15-12-4-6-20(17,18)9-12)8-10-1-2-11-3-5-19-13(11)7-10/h1-2,7,12H,3-6,8-9H2,(H,15,16)/t12-/m0/s1. The molecule has 1 N–H and O–H groups in total. The van der Waals surface area contributed by atoms with Crippen molar-refractivity contribution in [2.45, 2.75) is 25.3 Å². The number of hydrogen-bond acceptors (Lipinski definition) is 4. The first-order valence-electron chi connectivity index (χ1n) is 6.76. The second-order valence-electron chi connectivity index (χ2n) is 5.38. The van der Waals surface area contributed by atoms with E-state index in [0.29, 0.717) is 13.0 Å². The minimum atomic E-state index is -2.96. The van der Waals surface area contributed by atoms with Crippen LogP contribution in [0.4, 0.5) is 0 Å². The highest BCUT2D eigenvalue weighted by molar-refractivity contribution is 7.91. The Kier molecular flexibility index (Phi) is 3.41. The van der Waals surface area contributed by atoms with Crippen LogP contribution in [0.15, 0.2) is 18.2 Å². The molecule has 0 saturated carbocycles. The number of rotatable bonds is 3. The van der Waals surface area contributed by atoms with E-state index in [2.05, 4.69) is 5.32 Å². The van der Waals surface area contributed by atoms with Crippen molar-refractivity contribution in [3.8, 4) is 5.75 Å². The zero-order valence-electron chi connectivity index (χ0n) is 11.1. The second-order valence-corrected chi connectivity index (χ2v) is 7.61. The zero-order chi connectivity index (χ0) is 14.2. The van der Waals surface area contributed by atoms with Gasteiger partial charge in [-0.15, -0.1) is 0 Å². The lowest BCUT2D eigenvalue weighted by Gasteiger charge is -2.11. The van der Waals surface area contributed by atoms with Gasteiger partial charge in [-0.2, -0.15) is 0 Å². The summed E-state index contributed by atoms with van der Waals surface area (Å²) in [4.78, 5) is 11.9. The van der Waals surface area contributed by atoms with Gasteiger partial charge in [-0.25, -0.2) is 8.42 Å². The number of benzene rings is 1. The van der Waals surface area contributed by atoms with E-state index in [4.69, 9.17) is 4.74 Å². The summed E-state index contributed by atoms with van der Waals surface area (Å²) in [5.41, 5.74) is 2.07. The van der Waals surface area contributed by atoms with Gasteiger partial charge in [0.05, 0.1) is 24.5 Å². The summed E-state index contributed by atoms with van der Waals surface area (Å²) in [6.07, 6.45) is 1.69. The molecule has 3 rings (SSSR count). The molecule has 1 saturated heterocycles.